The van der Waals surface area contributed by atoms with Gasteiger partial charge in [-0.15, -0.1) is 0 Å². The Hall–Kier alpha value is -0.0800. The van der Waals surface area contributed by atoms with Crippen LogP contribution in [0.3, 0.4) is 0 Å². The van der Waals surface area contributed by atoms with Crippen molar-refractivity contribution < 1.29 is 0 Å². The third-order valence-electron chi connectivity index (χ3n) is 4.33. The molecule has 0 spiro atoms. The molecule has 2 unspecified atom stereocenters. The van der Waals surface area contributed by atoms with Gasteiger partial charge in [-0.25, -0.2) is 0 Å². The first-order chi connectivity index (χ1) is 7.29. The quantitative estimate of drug-likeness (QED) is 0.767. The van der Waals surface area contributed by atoms with Crippen molar-refractivity contribution in [2.75, 3.05) is 26.7 Å². The minimum absolute atomic E-state index is 0.926. The number of nitrogens with one attached hydrogen (secondary N) is 1. The fourth-order valence-electron chi connectivity index (χ4n) is 3.32. The molecule has 0 amide bonds. The molecule has 2 aliphatic rings. The first kappa shape index (κ1) is 11.4. The van der Waals surface area contributed by atoms with Gasteiger partial charge in [0.1, 0.15) is 0 Å². The van der Waals surface area contributed by atoms with Crippen LogP contribution in [-0.2, 0) is 0 Å². The smallest absolute Gasteiger partial charge is 0.00978 e. The van der Waals surface area contributed by atoms with Gasteiger partial charge in [-0.05, 0) is 70.6 Å². The van der Waals surface area contributed by atoms with Crippen LogP contribution in [0.1, 0.15) is 39.0 Å². The van der Waals surface area contributed by atoms with Crippen molar-refractivity contribution in [3.8, 4) is 0 Å². The highest BCUT2D eigenvalue weighted by Crippen LogP contribution is 2.31. The van der Waals surface area contributed by atoms with Gasteiger partial charge >= 0.3 is 0 Å². The van der Waals surface area contributed by atoms with E-state index in [9.17, 15) is 0 Å². The lowest BCUT2D eigenvalue weighted by molar-refractivity contribution is 0.132. The Balaban J connectivity index is 1.73. The third-order valence-corrected chi connectivity index (χ3v) is 4.33. The Bertz CT molecular complexity index is 185. The maximum absolute atomic E-state index is 3.31. The van der Waals surface area contributed by atoms with E-state index in [1.165, 1.54) is 51.7 Å². The average Bonchev–Trinajstić information content (AvgIpc) is 2.67. The van der Waals surface area contributed by atoms with Crippen LogP contribution in [0.25, 0.3) is 0 Å². The number of piperidine rings is 1. The zero-order valence-electron chi connectivity index (χ0n) is 10.3. The van der Waals surface area contributed by atoms with Crippen molar-refractivity contribution in [1.29, 1.82) is 0 Å². The number of rotatable bonds is 3. The Morgan fingerprint density at radius 2 is 1.87 bits per heavy atom. The second kappa shape index (κ2) is 5.31. The summed E-state index contributed by atoms with van der Waals surface area (Å²) in [6.07, 6.45) is 7.19. The predicted octanol–water partition coefficient (Wildman–Crippen LogP) is 2.11. The molecule has 1 heterocycles. The van der Waals surface area contributed by atoms with Gasteiger partial charge in [0.15, 0.2) is 0 Å². The van der Waals surface area contributed by atoms with Gasteiger partial charge in [0.25, 0.3) is 0 Å². The van der Waals surface area contributed by atoms with Gasteiger partial charge < -0.3 is 10.2 Å². The molecule has 1 aliphatic heterocycles. The molecule has 2 atom stereocenters. The molecule has 2 heteroatoms. The molecular formula is C13H26N2. The Morgan fingerprint density at radius 1 is 1.13 bits per heavy atom. The van der Waals surface area contributed by atoms with Crippen LogP contribution in [-0.4, -0.2) is 37.6 Å². The highest BCUT2D eigenvalue weighted by molar-refractivity contribution is 4.84. The first-order valence-corrected chi connectivity index (χ1v) is 6.68. The molecule has 2 rings (SSSR count). The summed E-state index contributed by atoms with van der Waals surface area (Å²) >= 11 is 0. The SMILES string of the molecule is CNCC1CCN(C2CCC(C)C2)CC1. The predicted molar refractivity (Wildman–Crippen MR) is 65.0 cm³/mol. The molecule has 2 nitrogen and oxygen atoms in total. The summed E-state index contributed by atoms with van der Waals surface area (Å²) in [5.74, 6) is 1.91. The van der Waals surface area contributed by atoms with Gasteiger partial charge in [0.05, 0.1) is 0 Å². The standard InChI is InChI=1S/C13H26N2/c1-11-3-4-13(9-11)15-7-5-12(6-8-15)10-14-2/h11-14H,3-10H2,1-2H3. The van der Waals surface area contributed by atoms with E-state index >= 15 is 0 Å². The Kier molecular flexibility index (Phi) is 4.04. The van der Waals surface area contributed by atoms with Crippen LogP contribution >= 0.6 is 0 Å². The van der Waals surface area contributed by atoms with E-state index in [-0.39, 0.29) is 0 Å². The Labute approximate surface area is 94.4 Å². The van der Waals surface area contributed by atoms with Crippen molar-refractivity contribution in [3.05, 3.63) is 0 Å². The molecule has 0 aromatic carbocycles. The van der Waals surface area contributed by atoms with Gasteiger partial charge in [-0.1, -0.05) is 6.92 Å². The van der Waals surface area contributed by atoms with Gasteiger partial charge in [0, 0.05) is 6.04 Å². The number of hydrogen-bond acceptors (Lipinski definition) is 2. The lowest BCUT2D eigenvalue weighted by Crippen LogP contribution is -2.41. The molecule has 1 saturated carbocycles. The van der Waals surface area contributed by atoms with Crippen molar-refractivity contribution in [3.63, 3.8) is 0 Å². The highest BCUT2D eigenvalue weighted by atomic mass is 15.2. The molecule has 0 aromatic heterocycles. The highest BCUT2D eigenvalue weighted by Gasteiger charge is 2.29. The van der Waals surface area contributed by atoms with E-state index in [4.69, 9.17) is 0 Å². The van der Waals surface area contributed by atoms with Crippen LogP contribution < -0.4 is 5.32 Å². The summed E-state index contributed by atoms with van der Waals surface area (Å²) in [6, 6.07) is 0.926. The van der Waals surface area contributed by atoms with E-state index < -0.39 is 0 Å². The van der Waals surface area contributed by atoms with Gasteiger partial charge in [-0.3, -0.25) is 0 Å². The van der Waals surface area contributed by atoms with Crippen LogP contribution in [0, 0.1) is 11.8 Å². The molecule has 15 heavy (non-hydrogen) atoms. The topological polar surface area (TPSA) is 15.3 Å². The third kappa shape index (κ3) is 2.94. The van der Waals surface area contributed by atoms with Gasteiger partial charge in [-0.2, -0.15) is 0 Å². The largest absolute Gasteiger partial charge is 0.319 e. The summed E-state index contributed by atoms with van der Waals surface area (Å²) in [5, 5.41) is 3.31. The first-order valence-electron chi connectivity index (χ1n) is 6.68. The van der Waals surface area contributed by atoms with E-state index in [1.807, 2.05) is 0 Å². The fraction of sp³-hybridized carbons (Fsp3) is 1.00. The van der Waals surface area contributed by atoms with Crippen molar-refractivity contribution in [2.45, 2.75) is 45.1 Å². The molecule has 1 saturated heterocycles. The molecule has 1 N–H and O–H groups in total. The number of likely N-dealkylation sites (tertiary alicyclic amines) is 1. The fourth-order valence-corrected chi connectivity index (χ4v) is 3.32. The summed E-state index contributed by atoms with van der Waals surface area (Å²) in [7, 11) is 2.07. The molecule has 2 fully saturated rings. The second-order valence-electron chi connectivity index (χ2n) is 5.61. The average molecular weight is 210 g/mol. The minimum Gasteiger partial charge on any atom is -0.319 e. The van der Waals surface area contributed by atoms with Crippen LogP contribution in [0.2, 0.25) is 0 Å². The van der Waals surface area contributed by atoms with Crippen molar-refractivity contribution >= 4 is 0 Å². The zero-order valence-corrected chi connectivity index (χ0v) is 10.3. The second-order valence-corrected chi connectivity index (χ2v) is 5.61. The Morgan fingerprint density at radius 3 is 2.40 bits per heavy atom. The molecule has 0 radical (unpaired) electrons. The van der Waals surface area contributed by atoms with E-state index in [2.05, 4.69) is 24.2 Å². The van der Waals surface area contributed by atoms with Crippen LogP contribution in [0.5, 0.6) is 0 Å². The summed E-state index contributed by atoms with van der Waals surface area (Å²) in [5.41, 5.74) is 0. The molecular weight excluding hydrogens is 184 g/mol. The van der Waals surface area contributed by atoms with E-state index in [0.29, 0.717) is 0 Å². The lowest BCUT2D eigenvalue weighted by Gasteiger charge is -2.36. The summed E-state index contributed by atoms with van der Waals surface area (Å²) in [4.78, 5) is 2.76. The summed E-state index contributed by atoms with van der Waals surface area (Å²) in [6.45, 7) is 6.33. The minimum atomic E-state index is 0.926. The normalized spacial score (nSPS) is 34.8. The van der Waals surface area contributed by atoms with Crippen LogP contribution in [0.4, 0.5) is 0 Å². The van der Waals surface area contributed by atoms with Gasteiger partial charge in [0.2, 0.25) is 0 Å². The number of hydrogen-bond donors (Lipinski definition) is 1. The lowest BCUT2D eigenvalue weighted by atomic mass is 9.95. The number of nitrogens with zero attached hydrogens (tertiary/aromatic N) is 1. The zero-order chi connectivity index (χ0) is 10.7. The van der Waals surface area contributed by atoms with E-state index in [0.717, 1.165) is 17.9 Å². The van der Waals surface area contributed by atoms with Crippen LogP contribution in [0.15, 0.2) is 0 Å². The maximum Gasteiger partial charge on any atom is 0.00978 e. The van der Waals surface area contributed by atoms with E-state index in [1.54, 1.807) is 0 Å². The van der Waals surface area contributed by atoms with Crippen molar-refractivity contribution in [1.82, 2.24) is 10.2 Å². The monoisotopic (exact) mass is 210 g/mol. The van der Waals surface area contributed by atoms with Crippen molar-refractivity contribution in [2.24, 2.45) is 11.8 Å². The maximum atomic E-state index is 3.31. The summed E-state index contributed by atoms with van der Waals surface area (Å²) < 4.78 is 0. The molecule has 1 aliphatic carbocycles. The molecule has 0 bridgehead atoms. The molecule has 88 valence electrons. The molecule has 0 aromatic rings.